The molecule has 2 heteroatoms. The summed E-state index contributed by atoms with van der Waals surface area (Å²) in [4.78, 5) is 5.11. The second-order valence-corrected chi connectivity index (χ2v) is 7.98. The van der Waals surface area contributed by atoms with Crippen LogP contribution in [0.1, 0.15) is 87.0 Å². The van der Waals surface area contributed by atoms with Crippen LogP contribution in [0.15, 0.2) is 0 Å². The maximum absolute atomic E-state index is 2.69. The van der Waals surface area contributed by atoms with E-state index in [4.69, 9.17) is 0 Å². The Morgan fingerprint density at radius 3 is 1.87 bits per heavy atom. The highest BCUT2D eigenvalue weighted by Gasteiger charge is 2.31. The molecule has 3 fully saturated rings. The molecule has 1 saturated carbocycles. The molecule has 2 aliphatic heterocycles. The van der Waals surface area contributed by atoms with Gasteiger partial charge in [-0.15, -0.1) is 0 Å². The van der Waals surface area contributed by atoms with Crippen LogP contribution in [-0.2, 0) is 0 Å². The van der Waals surface area contributed by atoms with Crippen LogP contribution in [0.3, 0.4) is 0 Å². The number of hydrogen-bond acceptors (Lipinski definition) is 2. The molecular formula is C21H46N2. The minimum absolute atomic E-state index is 0.576. The molecule has 0 bridgehead atoms. The van der Waals surface area contributed by atoms with E-state index in [0.29, 0.717) is 5.41 Å². The molecule has 0 aromatic heterocycles. The van der Waals surface area contributed by atoms with Gasteiger partial charge in [-0.1, -0.05) is 48.5 Å². The average Bonchev–Trinajstić information content (AvgIpc) is 3.35. The lowest BCUT2D eigenvalue weighted by atomic mass is 9.84. The van der Waals surface area contributed by atoms with Crippen LogP contribution in [0, 0.1) is 11.3 Å². The Morgan fingerprint density at radius 2 is 1.48 bits per heavy atom. The molecule has 0 aromatic rings. The number of rotatable bonds is 1. The van der Waals surface area contributed by atoms with Crippen molar-refractivity contribution in [2.75, 3.05) is 33.2 Å². The molecule has 1 atom stereocenters. The van der Waals surface area contributed by atoms with Gasteiger partial charge in [-0.25, -0.2) is 0 Å². The zero-order valence-corrected chi connectivity index (χ0v) is 17.6. The first-order valence-corrected chi connectivity index (χ1v) is 10.4. The molecule has 3 aliphatic rings. The van der Waals surface area contributed by atoms with Gasteiger partial charge in [0.2, 0.25) is 0 Å². The minimum atomic E-state index is 0.576. The Morgan fingerprint density at radius 1 is 0.870 bits per heavy atom. The molecule has 1 aliphatic carbocycles. The highest BCUT2D eigenvalue weighted by Crippen LogP contribution is 2.30. The Kier molecular flexibility index (Phi) is 12.3. The van der Waals surface area contributed by atoms with Gasteiger partial charge in [0.15, 0.2) is 0 Å². The van der Waals surface area contributed by atoms with Crippen LogP contribution in [0.2, 0.25) is 0 Å². The van der Waals surface area contributed by atoms with E-state index in [0.717, 1.165) is 12.0 Å². The van der Waals surface area contributed by atoms with Crippen molar-refractivity contribution in [1.82, 2.24) is 9.80 Å². The summed E-state index contributed by atoms with van der Waals surface area (Å²) in [5, 5.41) is 0. The summed E-state index contributed by atoms with van der Waals surface area (Å²) in [6.45, 7) is 20.4. The van der Waals surface area contributed by atoms with Gasteiger partial charge in [0.1, 0.15) is 0 Å². The fourth-order valence-corrected chi connectivity index (χ4v) is 3.71. The van der Waals surface area contributed by atoms with Crippen molar-refractivity contribution in [2.45, 2.75) is 93.0 Å². The van der Waals surface area contributed by atoms with Crippen molar-refractivity contribution >= 4 is 0 Å². The molecule has 2 saturated heterocycles. The SMILES string of the molecule is CC.CC.CC1CCCN(C2CC2)C1.CN1CCCC(C)(C)C1. The molecule has 23 heavy (non-hydrogen) atoms. The Hall–Kier alpha value is -0.0800. The molecule has 1 unspecified atom stereocenters. The van der Waals surface area contributed by atoms with E-state index < -0.39 is 0 Å². The summed E-state index contributed by atoms with van der Waals surface area (Å²) >= 11 is 0. The van der Waals surface area contributed by atoms with Crippen LogP contribution in [0.4, 0.5) is 0 Å². The first kappa shape index (κ1) is 22.9. The predicted octanol–water partition coefficient (Wildman–Crippen LogP) is 5.67. The highest BCUT2D eigenvalue weighted by molar-refractivity contribution is 4.86. The Labute approximate surface area is 148 Å². The van der Waals surface area contributed by atoms with Crippen molar-refractivity contribution in [3.63, 3.8) is 0 Å². The van der Waals surface area contributed by atoms with Gasteiger partial charge in [-0.2, -0.15) is 0 Å². The standard InChI is InChI=1S/C9H17N.C8H17N.2C2H6/c1-8-3-2-6-10(7-8)9-4-5-9;1-8(2)5-4-6-9(3)7-8;2*1-2/h8-9H,2-7H2,1H3;4-7H2,1-3H3;2*1-2H3. The smallest absolute Gasteiger partial charge is 0.00965 e. The van der Waals surface area contributed by atoms with Crippen LogP contribution in [0.25, 0.3) is 0 Å². The molecule has 2 heterocycles. The van der Waals surface area contributed by atoms with Gasteiger partial charge in [-0.05, 0) is 70.0 Å². The summed E-state index contributed by atoms with van der Waals surface area (Å²) in [6.07, 6.45) is 8.64. The normalized spacial score (nSPS) is 27.4. The van der Waals surface area contributed by atoms with Crippen LogP contribution in [0.5, 0.6) is 0 Å². The summed E-state index contributed by atoms with van der Waals surface area (Å²) in [7, 11) is 2.21. The lowest BCUT2D eigenvalue weighted by Gasteiger charge is -2.35. The number of piperidine rings is 2. The average molecular weight is 327 g/mol. The van der Waals surface area contributed by atoms with Crippen LogP contribution in [-0.4, -0.2) is 49.1 Å². The molecule has 0 radical (unpaired) electrons. The van der Waals surface area contributed by atoms with Gasteiger partial charge in [-0.3, -0.25) is 0 Å². The van der Waals surface area contributed by atoms with Crippen molar-refractivity contribution in [3.8, 4) is 0 Å². The van der Waals surface area contributed by atoms with Crippen LogP contribution < -0.4 is 0 Å². The van der Waals surface area contributed by atoms with Gasteiger partial charge in [0.05, 0.1) is 0 Å². The van der Waals surface area contributed by atoms with Gasteiger partial charge in [0, 0.05) is 19.1 Å². The Balaban J connectivity index is 0.000000349. The van der Waals surface area contributed by atoms with Crippen molar-refractivity contribution in [2.24, 2.45) is 11.3 Å². The fraction of sp³-hybridized carbons (Fsp3) is 1.00. The minimum Gasteiger partial charge on any atom is -0.306 e. The fourth-order valence-electron chi connectivity index (χ4n) is 3.71. The lowest BCUT2D eigenvalue weighted by Crippen LogP contribution is -2.37. The summed E-state index contributed by atoms with van der Waals surface area (Å²) < 4.78 is 0. The summed E-state index contributed by atoms with van der Waals surface area (Å²) in [6, 6.07) is 1.00. The molecule has 140 valence electrons. The van der Waals surface area contributed by atoms with E-state index in [1.165, 1.54) is 64.7 Å². The van der Waals surface area contributed by atoms with Gasteiger partial charge >= 0.3 is 0 Å². The highest BCUT2D eigenvalue weighted by atomic mass is 15.2. The second kappa shape index (κ2) is 12.3. The third-order valence-corrected chi connectivity index (χ3v) is 4.84. The number of nitrogens with zero attached hydrogens (tertiary/aromatic N) is 2. The molecule has 0 spiro atoms. The maximum atomic E-state index is 2.69. The summed E-state index contributed by atoms with van der Waals surface area (Å²) in [5.74, 6) is 0.967. The zero-order valence-electron chi connectivity index (χ0n) is 17.6. The van der Waals surface area contributed by atoms with Gasteiger partial charge in [0.25, 0.3) is 0 Å². The first-order chi connectivity index (χ1) is 11.0. The van der Waals surface area contributed by atoms with E-state index in [1.807, 2.05) is 27.7 Å². The molecule has 2 nitrogen and oxygen atoms in total. The molecule has 0 amide bonds. The van der Waals surface area contributed by atoms with E-state index in [-0.39, 0.29) is 0 Å². The quantitative estimate of drug-likeness (QED) is 0.612. The monoisotopic (exact) mass is 326 g/mol. The van der Waals surface area contributed by atoms with E-state index in [1.54, 1.807) is 0 Å². The third-order valence-electron chi connectivity index (χ3n) is 4.84. The molecule has 0 N–H and O–H groups in total. The first-order valence-electron chi connectivity index (χ1n) is 10.4. The van der Waals surface area contributed by atoms with Gasteiger partial charge < -0.3 is 9.80 Å². The molecule has 0 aromatic carbocycles. The van der Waals surface area contributed by atoms with Crippen molar-refractivity contribution in [3.05, 3.63) is 0 Å². The van der Waals surface area contributed by atoms with E-state index >= 15 is 0 Å². The van der Waals surface area contributed by atoms with Crippen molar-refractivity contribution < 1.29 is 0 Å². The Bertz CT molecular complexity index is 271. The molecular weight excluding hydrogens is 280 g/mol. The largest absolute Gasteiger partial charge is 0.306 e. The van der Waals surface area contributed by atoms with E-state index in [9.17, 15) is 0 Å². The maximum Gasteiger partial charge on any atom is 0.00965 e. The van der Waals surface area contributed by atoms with Crippen molar-refractivity contribution in [1.29, 1.82) is 0 Å². The summed E-state index contributed by atoms with van der Waals surface area (Å²) in [5.41, 5.74) is 0.576. The number of likely N-dealkylation sites (tertiary alicyclic amines) is 2. The second-order valence-electron chi connectivity index (χ2n) is 7.98. The zero-order chi connectivity index (χ0) is 17.9. The van der Waals surface area contributed by atoms with E-state index in [2.05, 4.69) is 37.6 Å². The predicted molar refractivity (Wildman–Crippen MR) is 106 cm³/mol. The van der Waals surface area contributed by atoms with Crippen LogP contribution >= 0.6 is 0 Å². The third kappa shape index (κ3) is 10.4. The topological polar surface area (TPSA) is 6.48 Å². The number of hydrogen-bond donors (Lipinski definition) is 0. The molecule has 3 rings (SSSR count). The lowest BCUT2D eigenvalue weighted by molar-refractivity contribution is 0.143.